The van der Waals surface area contributed by atoms with Crippen LogP contribution in [0.15, 0.2) is 36.4 Å². The van der Waals surface area contributed by atoms with E-state index in [0.29, 0.717) is 29.8 Å². The second-order valence-electron chi connectivity index (χ2n) is 7.26. The average Bonchev–Trinajstić information content (AvgIpc) is 3.23. The maximum absolute atomic E-state index is 14.2. The number of anilines is 1. The number of amides is 1. The number of aryl methyl sites for hydroxylation is 2. The molecule has 2 aromatic carbocycles. The van der Waals surface area contributed by atoms with Gasteiger partial charge in [0.05, 0.1) is 5.56 Å². The number of halogens is 1. The Balaban J connectivity index is 1.92. The van der Waals surface area contributed by atoms with Gasteiger partial charge in [-0.05, 0) is 55.7 Å². The third kappa shape index (κ3) is 5.26. The van der Waals surface area contributed by atoms with E-state index in [9.17, 15) is 9.18 Å². The van der Waals surface area contributed by atoms with Gasteiger partial charge in [0.1, 0.15) is 23.2 Å². The predicted octanol–water partition coefficient (Wildman–Crippen LogP) is 4.75. The molecule has 0 atom stereocenters. The van der Waals surface area contributed by atoms with Crippen molar-refractivity contribution in [3.63, 3.8) is 0 Å². The second-order valence-corrected chi connectivity index (χ2v) is 8.21. The number of benzene rings is 2. The summed E-state index contributed by atoms with van der Waals surface area (Å²) < 4.78 is 20.0. The second kappa shape index (κ2) is 10.5. The van der Waals surface area contributed by atoms with Crippen molar-refractivity contribution in [2.75, 3.05) is 24.6 Å². The molecule has 1 heterocycles. The molecule has 0 aliphatic rings. The topological polar surface area (TPSA) is 81.3 Å². The Labute approximate surface area is 185 Å². The molecule has 1 aromatic heterocycles. The summed E-state index contributed by atoms with van der Waals surface area (Å²) in [5.74, 6) is -0.136. The first-order chi connectivity index (χ1) is 15.0. The summed E-state index contributed by atoms with van der Waals surface area (Å²) >= 11 is 1.31. The number of ether oxygens (including phenoxy) is 1. The largest absolute Gasteiger partial charge is 0.492 e. The van der Waals surface area contributed by atoms with Crippen LogP contribution in [0.5, 0.6) is 5.75 Å². The lowest BCUT2D eigenvalue weighted by molar-refractivity contribution is 0.0982. The van der Waals surface area contributed by atoms with Crippen molar-refractivity contribution in [2.24, 2.45) is 5.73 Å². The molecule has 3 aromatic rings. The maximum Gasteiger partial charge on any atom is 0.263 e. The monoisotopic (exact) mass is 442 g/mol. The van der Waals surface area contributed by atoms with Crippen molar-refractivity contribution in [3.8, 4) is 16.3 Å². The first-order valence-electron chi connectivity index (χ1n) is 10.3. The molecule has 0 bridgehead atoms. The third-order valence-electron chi connectivity index (χ3n) is 4.80. The van der Waals surface area contributed by atoms with Gasteiger partial charge in [0, 0.05) is 18.7 Å². The third-order valence-corrected chi connectivity index (χ3v) is 5.80. The molecule has 0 saturated carbocycles. The first-order valence-corrected chi connectivity index (χ1v) is 11.1. The quantitative estimate of drug-likeness (QED) is 0.517. The van der Waals surface area contributed by atoms with Crippen LogP contribution in [0.3, 0.4) is 0 Å². The van der Waals surface area contributed by atoms with Gasteiger partial charge < -0.3 is 10.5 Å². The molecule has 1 amide bonds. The number of nitrogens with zero attached hydrogens (tertiary/aromatic N) is 3. The Morgan fingerprint density at radius 2 is 1.90 bits per heavy atom. The standard InChI is InChI=1S/C23H27FN4O2S/c1-4-5-11-28(22(29)18-8-6-7-9-19(18)24)23-27-26-21(31-23)17-13-15(2)20(16(3)14-17)30-12-10-25/h6-9,13-14H,4-5,10-12,25H2,1-3H3. The summed E-state index contributed by atoms with van der Waals surface area (Å²) in [7, 11) is 0. The highest BCUT2D eigenvalue weighted by atomic mass is 32.1. The van der Waals surface area contributed by atoms with E-state index in [1.54, 1.807) is 12.1 Å². The van der Waals surface area contributed by atoms with Crippen LogP contribution >= 0.6 is 11.3 Å². The van der Waals surface area contributed by atoms with E-state index >= 15 is 0 Å². The fourth-order valence-corrected chi connectivity index (χ4v) is 4.14. The molecule has 3 rings (SSSR count). The van der Waals surface area contributed by atoms with E-state index in [2.05, 4.69) is 10.2 Å². The van der Waals surface area contributed by atoms with E-state index in [-0.39, 0.29) is 5.56 Å². The molecule has 0 fully saturated rings. The smallest absolute Gasteiger partial charge is 0.263 e. The number of rotatable bonds is 9. The minimum atomic E-state index is -0.543. The lowest BCUT2D eigenvalue weighted by Gasteiger charge is -2.19. The average molecular weight is 443 g/mol. The molecule has 2 N–H and O–H groups in total. The zero-order chi connectivity index (χ0) is 22.4. The lowest BCUT2D eigenvalue weighted by Crippen LogP contribution is -2.32. The number of carbonyl (C=O) groups excluding carboxylic acids is 1. The fraction of sp³-hybridized carbons (Fsp3) is 0.348. The van der Waals surface area contributed by atoms with Crippen LogP contribution in [0.2, 0.25) is 0 Å². The molecule has 0 saturated heterocycles. The lowest BCUT2D eigenvalue weighted by atomic mass is 10.1. The minimum absolute atomic E-state index is 0.0310. The summed E-state index contributed by atoms with van der Waals surface area (Å²) in [6, 6.07) is 9.97. The zero-order valence-electron chi connectivity index (χ0n) is 18.0. The number of aromatic nitrogens is 2. The van der Waals surface area contributed by atoms with E-state index in [1.807, 2.05) is 32.9 Å². The Morgan fingerprint density at radius 3 is 2.55 bits per heavy atom. The first kappa shape index (κ1) is 22.8. The number of nitrogens with two attached hydrogens (primary N) is 1. The van der Waals surface area contributed by atoms with Crippen LogP contribution in [0.4, 0.5) is 9.52 Å². The highest BCUT2D eigenvalue weighted by Gasteiger charge is 2.24. The van der Waals surface area contributed by atoms with Gasteiger partial charge in [-0.25, -0.2) is 4.39 Å². The SMILES string of the molecule is CCCCN(C(=O)c1ccccc1F)c1nnc(-c2cc(C)c(OCCN)c(C)c2)s1. The van der Waals surface area contributed by atoms with Gasteiger partial charge >= 0.3 is 0 Å². The van der Waals surface area contributed by atoms with E-state index in [0.717, 1.165) is 35.3 Å². The van der Waals surface area contributed by atoms with Gasteiger partial charge in [-0.3, -0.25) is 9.69 Å². The molecule has 8 heteroatoms. The van der Waals surface area contributed by atoms with Crippen LogP contribution in [-0.4, -0.2) is 35.8 Å². The minimum Gasteiger partial charge on any atom is -0.492 e. The van der Waals surface area contributed by atoms with Gasteiger partial charge in [-0.1, -0.05) is 36.8 Å². The van der Waals surface area contributed by atoms with E-state index in [1.165, 1.54) is 28.4 Å². The Bertz CT molecular complexity index is 1030. The molecular weight excluding hydrogens is 415 g/mol. The van der Waals surface area contributed by atoms with Crippen molar-refractivity contribution in [1.29, 1.82) is 0 Å². The van der Waals surface area contributed by atoms with Crippen molar-refractivity contribution in [2.45, 2.75) is 33.6 Å². The van der Waals surface area contributed by atoms with Crippen LogP contribution in [0.1, 0.15) is 41.3 Å². The van der Waals surface area contributed by atoms with Gasteiger partial charge in [-0.15, -0.1) is 10.2 Å². The van der Waals surface area contributed by atoms with Crippen LogP contribution in [0.25, 0.3) is 10.6 Å². The van der Waals surface area contributed by atoms with Crippen molar-refractivity contribution in [3.05, 3.63) is 58.9 Å². The molecule has 0 spiro atoms. The maximum atomic E-state index is 14.2. The number of unbranched alkanes of at least 4 members (excludes halogenated alkanes) is 1. The molecule has 6 nitrogen and oxygen atoms in total. The predicted molar refractivity (Wildman–Crippen MR) is 122 cm³/mol. The van der Waals surface area contributed by atoms with Gasteiger partial charge in [0.2, 0.25) is 5.13 Å². The number of hydrogen-bond donors (Lipinski definition) is 1. The van der Waals surface area contributed by atoms with Gasteiger partial charge in [0.15, 0.2) is 0 Å². The van der Waals surface area contributed by atoms with Crippen LogP contribution in [-0.2, 0) is 0 Å². The van der Waals surface area contributed by atoms with Gasteiger partial charge in [0.25, 0.3) is 5.91 Å². The Morgan fingerprint density at radius 1 is 1.19 bits per heavy atom. The van der Waals surface area contributed by atoms with Crippen molar-refractivity contribution < 1.29 is 13.9 Å². The van der Waals surface area contributed by atoms with E-state index < -0.39 is 11.7 Å². The molecule has 0 radical (unpaired) electrons. The van der Waals surface area contributed by atoms with Crippen LogP contribution in [0, 0.1) is 19.7 Å². The molecular formula is C23H27FN4O2S. The highest BCUT2D eigenvalue weighted by Crippen LogP contribution is 2.34. The Hall–Kier alpha value is -2.84. The van der Waals surface area contributed by atoms with Crippen molar-refractivity contribution in [1.82, 2.24) is 10.2 Å². The Kier molecular flexibility index (Phi) is 7.70. The van der Waals surface area contributed by atoms with Crippen molar-refractivity contribution >= 4 is 22.4 Å². The summed E-state index contributed by atoms with van der Waals surface area (Å²) in [5, 5.41) is 9.71. The summed E-state index contributed by atoms with van der Waals surface area (Å²) in [6.07, 6.45) is 1.68. The molecule has 0 aliphatic heterocycles. The molecule has 0 unspecified atom stereocenters. The molecule has 31 heavy (non-hydrogen) atoms. The van der Waals surface area contributed by atoms with Crippen LogP contribution < -0.4 is 15.4 Å². The zero-order valence-corrected chi connectivity index (χ0v) is 18.8. The van der Waals surface area contributed by atoms with Gasteiger partial charge in [-0.2, -0.15) is 0 Å². The molecule has 0 aliphatic carbocycles. The number of carbonyl (C=O) groups is 1. The fourth-order valence-electron chi connectivity index (χ4n) is 3.28. The molecule has 164 valence electrons. The van der Waals surface area contributed by atoms with E-state index in [4.69, 9.17) is 10.5 Å². The number of hydrogen-bond acceptors (Lipinski definition) is 6. The highest BCUT2D eigenvalue weighted by molar-refractivity contribution is 7.18. The summed E-state index contributed by atoms with van der Waals surface area (Å²) in [5.41, 5.74) is 8.42. The normalized spacial score (nSPS) is 10.9. The summed E-state index contributed by atoms with van der Waals surface area (Å²) in [6.45, 7) is 7.33. The summed E-state index contributed by atoms with van der Waals surface area (Å²) in [4.78, 5) is 14.6.